The Morgan fingerprint density at radius 3 is 2.35 bits per heavy atom. The van der Waals surface area contributed by atoms with E-state index in [9.17, 15) is 29.4 Å². The molecular weight excluding hydrogens is 843 g/mol. The van der Waals surface area contributed by atoms with Gasteiger partial charge in [0.15, 0.2) is 0 Å². The number of fused-ring (bicyclic) bond motifs is 3. The molecule has 4 aliphatic rings. The van der Waals surface area contributed by atoms with Gasteiger partial charge in [0.25, 0.3) is 11.7 Å². The summed E-state index contributed by atoms with van der Waals surface area (Å²) in [4.78, 5) is 58.4. The second kappa shape index (κ2) is 24.0. The lowest BCUT2D eigenvalue weighted by Crippen LogP contribution is -2.64. The summed E-state index contributed by atoms with van der Waals surface area (Å²) in [6.07, 6.45) is 11.3. The van der Waals surface area contributed by atoms with Crippen molar-refractivity contribution in [1.29, 1.82) is 0 Å². The molecule has 1 aromatic rings. The number of hydrogen-bond acceptors (Lipinski definition) is 12. The molecule has 2 N–H and O–H groups in total. The number of esters is 1. The smallest absolute Gasteiger partial charge is 0.329 e. The molecule has 13 unspecified atom stereocenters. The summed E-state index contributed by atoms with van der Waals surface area (Å²) >= 11 is 0. The van der Waals surface area contributed by atoms with Crippen molar-refractivity contribution in [3.63, 3.8) is 0 Å². The number of ketones is 2. The summed E-state index contributed by atoms with van der Waals surface area (Å²) in [5.41, 5.74) is 1.75. The summed E-state index contributed by atoms with van der Waals surface area (Å²) in [6, 6.07) is 6.65. The Balaban J connectivity index is 1.44. The zero-order valence-electron chi connectivity index (χ0n) is 41.3. The SMILES string of the molecule is CCC1/C=C(\C)CC(C)CC(OC)C2OC(O)(C(=O)C(=O)N3CCCCC3C(=O)OC(C(C)=CC3CCC(O)(CC=Cc4cccc(OC)c4)C(OC)C3)C(C)CCC1=O)C(C)CC2OC. The first-order valence-electron chi connectivity index (χ1n) is 24.4. The Hall–Kier alpha value is -3.72. The maximum Gasteiger partial charge on any atom is 0.329 e. The van der Waals surface area contributed by atoms with Gasteiger partial charge in [-0.3, -0.25) is 14.4 Å². The summed E-state index contributed by atoms with van der Waals surface area (Å²) < 4.78 is 35.9. The fraction of sp³-hybridized carbons (Fsp3) is 0.698. The fourth-order valence-corrected chi connectivity index (χ4v) is 10.9. The van der Waals surface area contributed by atoms with Crippen LogP contribution in [0.2, 0.25) is 0 Å². The molecule has 13 nitrogen and oxygen atoms in total. The van der Waals surface area contributed by atoms with Crippen LogP contribution in [0.15, 0.2) is 53.6 Å². The second-order valence-corrected chi connectivity index (χ2v) is 19.9. The molecule has 368 valence electrons. The minimum atomic E-state index is -2.49. The first kappa shape index (κ1) is 53.2. The number of allylic oxidation sites excluding steroid dienone is 3. The largest absolute Gasteiger partial charge is 0.497 e. The van der Waals surface area contributed by atoms with Crippen LogP contribution in [0.5, 0.6) is 5.75 Å². The second-order valence-electron chi connectivity index (χ2n) is 19.9. The number of rotatable bonds is 10. The van der Waals surface area contributed by atoms with Crippen molar-refractivity contribution in [3.05, 3.63) is 59.2 Å². The first-order chi connectivity index (χ1) is 31.4. The van der Waals surface area contributed by atoms with Gasteiger partial charge in [0, 0.05) is 46.1 Å². The van der Waals surface area contributed by atoms with Crippen molar-refractivity contribution in [2.24, 2.45) is 29.6 Å². The van der Waals surface area contributed by atoms with Crippen molar-refractivity contribution >= 4 is 29.5 Å². The standard InChI is InChI=1S/C53H79NO12/c1-11-40-27-33(2)26-34(3)28-44(62-8)48-45(63-9)30-37(6)53(60,66-48)49(56)50(57)54-25-13-12-19-42(54)51(58)65-47(35(4)20-21-43(40)55)36(5)29-39-22-24-52(59,46(32-39)64-10)23-15-17-38-16-14-18-41(31-38)61-7/h14-18,27,29,31,34-35,37,39-40,42,44-48,59-60H,11-13,19-26,28,30,32H2,1-10H3/b17-15?,33-27+,36-29?. The Labute approximate surface area is 393 Å². The lowest BCUT2D eigenvalue weighted by Gasteiger charge is -2.47. The molecule has 3 fully saturated rings. The van der Waals surface area contributed by atoms with Gasteiger partial charge in [-0.1, -0.05) is 69.7 Å². The minimum Gasteiger partial charge on any atom is -0.497 e. The Morgan fingerprint density at radius 1 is 0.939 bits per heavy atom. The molecule has 1 aromatic carbocycles. The van der Waals surface area contributed by atoms with E-state index in [1.54, 1.807) is 35.4 Å². The van der Waals surface area contributed by atoms with Crippen LogP contribution in [-0.2, 0) is 42.9 Å². The maximum absolute atomic E-state index is 14.5. The summed E-state index contributed by atoms with van der Waals surface area (Å²) in [5, 5.41) is 24.0. The van der Waals surface area contributed by atoms with E-state index in [1.807, 2.05) is 64.1 Å². The van der Waals surface area contributed by atoms with Gasteiger partial charge in [0.2, 0.25) is 5.79 Å². The van der Waals surface area contributed by atoms with Gasteiger partial charge in [-0.2, -0.15) is 0 Å². The predicted molar refractivity (Wildman–Crippen MR) is 252 cm³/mol. The molecular formula is C53H79NO12. The van der Waals surface area contributed by atoms with Gasteiger partial charge in [-0.15, -0.1) is 0 Å². The van der Waals surface area contributed by atoms with E-state index in [2.05, 4.69) is 19.1 Å². The highest BCUT2D eigenvalue weighted by Gasteiger charge is 2.56. The summed E-state index contributed by atoms with van der Waals surface area (Å²) in [7, 11) is 6.35. The Bertz CT molecular complexity index is 1910. The Kier molecular flexibility index (Phi) is 19.4. The maximum atomic E-state index is 14.5. The number of Topliss-reactive ketones (excluding diaryl/α,β-unsaturated/α-hetero) is 2. The van der Waals surface area contributed by atoms with Crippen LogP contribution < -0.4 is 4.74 Å². The number of piperidine rings is 1. The van der Waals surface area contributed by atoms with Crippen LogP contribution >= 0.6 is 0 Å². The van der Waals surface area contributed by atoms with E-state index in [0.29, 0.717) is 64.2 Å². The lowest BCUT2D eigenvalue weighted by molar-refractivity contribution is -0.302. The quantitative estimate of drug-likeness (QED) is 0.132. The zero-order valence-corrected chi connectivity index (χ0v) is 41.3. The number of nitrogens with zero attached hydrogens (tertiary/aromatic N) is 1. The molecule has 1 saturated carbocycles. The van der Waals surface area contributed by atoms with Gasteiger partial charge in [0.05, 0.1) is 31.0 Å². The van der Waals surface area contributed by atoms with Crippen molar-refractivity contribution in [2.45, 2.75) is 173 Å². The van der Waals surface area contributed by atoms with Crippen molar-refractivity contribution in [1.82, 2.24) is 4.90 Å². The molecule has 0 spiro atoms. The van der Waals surface area contributed by atoms with Crippen molar-refractivity contribution < 1.29 is 57.8 Å². The summed E-state index contributed by atoms with van der Waals surface area (Å²) in [5.74, 6) is -5.69. The van der Waals surface area contributed by atoms with Crippen molar-refractivity contribution in [3.8, 4) is 5.75 Å². The normalized spacial score (nSPS) is 37.1. The third-order valence-corrected chi connectivity index (χ3v) is 14.9. The van der Waals surface area contributed by atoms with Crippen LogP contribution in [-0.4, -0.2) is 121 Å². The topological polar surface area (TPSA) is 167 Å². The van der Waals surface area contributed by atoms with Gasteiger partial charge in [-0.05, 0) is 132 Å². The average Bonchev–Trinajstić information content (AvgIpc) is 3.31. The fourth-order valence-electron chi connectivity index (χ4n) is 10.9. The van der Waals surface area contributed by atoms with E-state index in [0.717, 1.165) is 22.5 Å². The molecule has 2 bridgehead atoms. The molecule has 0 aromatic heterocycles. The third-order valence-electron chi connectivity index (χ3n) is 14.9. The molecule has 2 saturated heterocycles. The first-order valence-corrected chi connectivity index (χ1v) is 24.4. The number of ether oxygens (including phenoxy) is 6. The van der Waals surface area contributed by atoms with Crippen LogP contribution in [0.25, 0.3) is 6.08 Å². The zero-order chi connectivity index (χ0) is 48.3. The molecule has 3 heterocycles. The highest BCUT2D eigenvalue weighted by molar-refractivity contribution is 6.39. The van der Waals surface area contributed by atoms with Crippen LogP contribution in [0.3, 0.4) is 0 Å². The number of methoxy groups -OCH3 is 4. The van der Waals surface area contributed by atoms with Gasteiger partial charge in [-0.25, -0.2) is 4.79 Å². The number of amides is 1. The number of carbonyl (C=O) groups excluding carboxylic acids is 4. The van der Waals surface area contributed by atoms with Gasteiger partial charge >= 0.3 is 5.97 Å². The minimum absolute atomic E-state index is 0.00177. The van der Waals surface area contributed by atoms with Crippen LogP contribution in [0.4, 0.5) is 0 Å². The molecule has 1 aliphatic carbocycles. The molecule has 0 radical (unpaired) electrons. The predicted octanol–water partition coefficient (Wildman–Crippen LogP) is 7.98. The molecule has 5 rings (SSSR count). The molecule has 1 amide bonds. The lowest BCUT2D eigenvalue weighted by atomic mass is 9.74. The van der Waals surface area contributed by atoms with Crippen LogP contribution in [0.1, 0.15) is 131 Å². The van der Waals surface area contributed by atoms with E-state index in [1.165, 1.54) is 4.90 Å². The molecule has 13 heteroatoms. The third kappa shape index (κ3) is 12.9. The number of cyclic esters (lactones) is 1. The van der Waals surface area contributed by atoms with E-state index < -0.39 is 71.5 Å². The molecule has 66 heavy (non-hydrogen) atoms. The molecule has 13 atom stereocenters. The highest BCUT2D eigenvalue weighted by atomic mass is 16.7. The van der Waals surface area contributed by atoms with Crippen LogP contribution in [0, 0.1) is 29.6 Å². The number of benzene rings is 1. The summed E-state index contributed by atoms with van der Waals surface area (Å²) in [6.45, 7) is 11.8. The number of carbonyl (C=O) groups is 4. The van der Waals surface area contributed by atoms with E-state index >= 15 is 0 Å². The average molecular weight is 922 g/mol. The monoisotopic (exact) mass is 922 g/mol. The Morgan fingerprint density at radius 2 is 1.67 bits per heavy atom. The van der Waals surface area contributed by atoms with Crippen molar-refractivity contribution in [2.75, 3.05) is 35.0 Å². The van der Waals surface area contributed by atoms with E-state index in [-0.39, 0.29) is 55.3 Å². The number of aliphatic hydroxyl groups is 2. The molecule has 3 aliphatic heterocycles. The van der Waals surface area contributed by atoms with Gasteiger partial charge < -0.3 is 43.5 Å². The number of hydrogen-bond donors (Lipinski definition) is 2. The van der Waals surface area contributed by atoms with E-state index in [4.69, 9.17) is 28.4 Å². The highest BCUT2D eigenvalue weighted by Crippen LogP contribution is 2.41. The van der Waals surface area contributed by atoms with Gasteiger partial charge in [0.1, 0.15) is 29.8 Å².